The van der Waals surface area contributed by atoms with Crippen molar-refractivity contribution < 1.29 is 4.79 Å². The third-order valence-electron chi connectivity index (χ3n) is 4.19. The Hall–Kier alpha value is -0.610. The molecule has 2 heterocycles. The lowest BCUT2D eigenvalue weighted by Crippen LogP contribution is -2.56. The number of nitrogens with one attached hydrogen (secondary N) is 1. The van der Waals surface area contributed by atoms with Gasteiger partial charge in [0.15, 0.2) is 0 Å². The van der Waals surface area contributed by atoms with Crippen molar-refractivity contribution in [3.05, 3.63) is 0 Å². The van der Waals surface area contributed by atoms with Crippen molar-refractivity contribution in [3.8, 4) is 0 Å². The second-order valence-electron chi connectivity index (χ2n) is 6.53. The second kappa shape index (κ2) is 5.57. The first-order valence-corrected chi connectivity index (χ1v) is 7.23. The van der Waals surface area contributed by atoms with E-state index in [1.165, 1.54) is 0 Å². The molecular formula is C14H27N3O. The number of nitrogens with zero attached hydrogens (tertiary/aromatic N) is 2. The van der Waals surface area contributed by atoms with Gasteiger partial charge in [-0.2, -0.15) is 0 Å². The molecule has 0 unspecified atom stereocenters. The molecule has 104 valence electrons. The van der Waals surface area contributed by atoms with Crippen LogP contribution in [0.5, 0.6) is 0 Å². The van der Waals surface area contributed by atoms with E-state index in [4.69, 9.17) is 0 Å². The van der Waals surface area contributed by atoms with E-state index in [1.807, 2.05) is 0 Å². The van der Waals surface area contributed by atoms with E-state index in [2.05, 4.69) is 35.9 Å². The second-order valence-corrected chi connectivity index (χ2v) is 6.53. The zero-order chi connectivity index (χ0) is 13.2. The number of hydrogen-bond donors (Lipinski definition) is 1. The molecule has 0 bridgehead atoms. The largest absolute Gasteiger partial charge is 0.340 e. The lowest BCUT2D eigenvalue weighted by molar-refractivity contribution is -0.138. The van der Waals surface area contributed by atoms with Crippen molar-refractivity contribution >= 4 is 5.91 Å². The summed E-state index contributed by atoms with van der Waals surface area (Å²) in [6, 6.07) is 0. The van der Waals surface area contributed by atoms with E-state index in [0.717, 1.165) is 52.1 Å². The van der Waals surface area contributed by atoms with Crippen LogP contribution >= 0.6 is 0 Å². The van der Waals surface area contributed by atoms with Crippen molar-refractivity contribution in [3.63, 3.8) is 0 Å². The molecule has 0 aromatic rings. The molecule has 1 N–H and O–H groups in total. The molecule has 1 amide bonds. The van der Waals surface area contributed by atoms with E-state index >= 15 is 0 Å². The zero-order valence-electron chi connectivity index (χ0n) is 12.0. The highest BCUT2D eigenvalue weighted by molar-refractivity contribution is 5.79. The topological polar surface area (TPSA) is 35.6 Å². The number of carbonyl (C=O) groups is 1. The summed E-state index contributed by atoms with van der Waals surface area (Å²) in [5.41, 5.74) is 0.224. The summed E-state index contributed by atoms with van der Waals surface area (Å²) in [6.07, 6.45) is 2.20. The first-order chi connectivity index (χ1) is 8.48. The van der Waals surface area contributed by atoms with E-state index < -0.39 is 0 Å². The summed E-state index contributed by atoms with van der Waals surface area (Å²) in [6.45, 7) is 12.5. The fourth-order valence-electron chi connectivity index (χ4n) is 2.92. The van der Waals surface area contributed by atoms with E-state index in [1.54, 1.807) is 0 Å². The predicted molar refractivity (Wildman–Crippen MR) is 73.5 cm³/mol. The Kier molecular flexibility index (Phi) is 4.28. The Morgan fingerprint density at radius 2 is 1.83 bits per heavy atom. The summed E-state index contributed by atoms with van der Waals surface area (Å²) in [4.78, 5) is 16.9. The number of carbonyl (C=O) groups excluding carboxylic acids is 1. The van der Waals surface area contributed by atoms with Crippen LogP contribution in [0, 0.1) is 5.92 Å². The summed E-state index contributed by atoms with van der Waals surface area (Å²) in [5.74, 6) is 0.593. The molecule has 2 rings (SSSR count). The molecule has 2 fully saturated rings. The molecule has 2 aliphatic heterocycles. The molecule has 4 heteroatoms. The van der Waals surface area contributed by atoms with E-state index in [9.17, 15) is 4.79 Å². The first-order valence-electron chi connectivity index (χ1n) is 7.23. The van der Waals surface area contributed by atoms with Gasteiger partial charge in [0.05, 0.1) is 5.92 Å². The molecule has 2 saturated heterocycles. The van der Waals surface area contributed by atoms with Gasteiger partial charge in [-0.3, -0.25) is 9.69 Å². The van der Waals surface area contributed by atoms with Crippen molar-refractivity contribution in [1.82, 2.24) is 15.1 Å². The lowest BCUT2D eigenvalue weighted by Gasteiger charge is -2.43. The van der Waals surface area contributed by atoms with Crippen molar-refractivity contribution in [2.24, 2.45) is 5.92 Å². The number of piperazine rings is 1. The fraction of sp³-hybridized carbons (Fsp3) is 0.929. The Balaban J connectivity index is 1.83. The number of hydrogen-bond acceptors (Lipinski definition) is 3. The number of amides is 1. The molecule has 2 aliphatic rings. The Morgan fingerprint density at radius 1 is 1.17 bits per heavy atom. The molecule has 18 heavy (non-hydrogen) atoms. The molecule has 4 nitrogen and oxygen atoms in total. The van der Waals surface area contributed by atoms with Gasteiger partial charge in [0.2, 0.25) is 5.91 Å². The van der Waals surface area contributed by atoms with Crippen LogP contribution in [-0.2, 0) is 4.79 Å². The van der Waals surface area contributed by atoms with Crippen LogP contribution in [-0.4, -0.2) is 60.5 Å². The average Bonchev–Trinajstić information content (AvgIpc) is 2.38. The fourth-order valence-corrected chi connectivity index (χ4v) is 2.92. The van der Waals surface area contributed by atoms with Crippen LogP contribution in [0.4, 0.5) is 0 Å². The van der Waals surface area contributed by atoms with Gasteiger partial charge in [-0.05, 0) is 40.2 Å². The third kappa shape index (κ3) is 3.23. The SMILES string of the molecule is CC(C)(C)N1CCN(C(=O)[C@H]2CCCNC2)CC1. The monoisotopic (exact) mass is 253 g/mol. The molecule has 0 saturated carbocycles. The molecule has 1 atom stereocenters. The van der Waals surface area contributed by atoms with Crippen LogP contribution in [0.1, 0.15) is 33.6 Å². The van der Waals surface area contributed by atoms with Crippen LogP contribution < -0.4 is 5.32 Å². The molecule has 0 spiro atoms. The van der Waals surface area contributed by atoms with E-state index in [-0.39, 0.29) is 11.5 Å². The van der Waals surface area contributed by atoms with Gasteiger partial charge in [0, 0.05) is 38.3 Å². The van der Waals surface area contributed by atoms with Gasteiger partial charge in [-0.1, -0.05) is 0 Å². The Morgan fingerprint density at radius 3 is 2.33 bits per heavy atom. The highest BCUT2D eigenvalue weighted by Crippen LogP contribution is 2.19. The van der Waals surface area contributed by atoms with Crippen LogP contribution in [0.2, 0.25) is 0 Å². The van der Waals surface area contributed by atoms with Crippen molar-refractivity contribution in [1.29, 1.82) is 0 Å². The van der Waals surface area contributed by atoms with Crippen LogP contribution in [0.15, 0.2) is 0 Å². The lowest BCUT2D eigenvalue weighted by atomic mass is 9.97. The van der Waals surface area contributed by atoms with Gasteiger partial charge in [-0.25, -0.2) is 0 Å². The normalized spacial score (nSPS) is 27.3. The number of piperidine rings is 1. The van der Waals surface area contributed by atoms with E-state index in [0.29, 0.717) is 5.91 Å². The predicted octanol–water partition coefficient (Wildman–Crippen LogP) is 0.929. The zero-order valence-corrected chi connectivity index (χ0v) is 12.0. The average molecular weight is 253 g/mol. The summed E-state index contributed by atoms with van der Waals surface area (Å²) < 4.78 is 0. The minimum atomic E-state index is 0.222. The Bertz CT molecular complexity index is 284. The summed E-state index contributed by atoms with van der Waals surface area (Å²) >= 11 is 0. The minimum absolute atomic E-state index is 0.222. The highest BCUT2D eigenvalue weighted by atomic mass is 16.2. The molecule has 0 aromatic carbocycles. The van der Waals surface area contributed by atoms with Gasteiger partial charge >= 0.3 is 0 Å². The number of rotatable bonds is 1. The van der Waals surface area contributed by atoms with Crippen molar-refractivity contribution in [2.75, 3.05) is 39.3 Å². The highest BCUT2D eigenvalue weighted by Gasteiger charge is 2.31. The van der Waals surface area contributed by atoms with Gasteiger partial charge in [-0.15, -0.1) is 0 Å². The van der Waals surface area contributed by atoms with Crippen LogP contribution in [0.3, 0.4) is 0 Å². The Labute approximate surface area is 111 Å². The third-order valence-corrected chi connectivity index (χ3v) is 4.19. The van der Waals surface area contributed by atoms with Gasteiger partial charge in [0.25, 0.3) is 0 Å². The first kappa shape index (κ1) is 13.8. The standard InChI is InChI=1S/C14H27N3O/c1-14(2,3)17-9-7-16(8-10-17)13(18)12-5-4-6-15-11-12/h12,15H,4-11H2,1-3H3/t12-/m0/s1. The van der Waals surface area contributed by atoms with Crippen LogP contribution in [0.25, 0.3) is 0 Å². The molecule has 0 aromatic heterocycles. The van der Waals surface area contributed by atoms with Crippen molar-refractivity contribution in [2.45, 2.75) is 39.2 Å². The quantitative estimate of drug-likeness (QED) is 0.755. The van der Waals surface area contributed by atoms with Gasteiger partial charge in [0.1, 0.15) is 0 Å². The summed E-state index contributed by atoms with van der Waals surface area (Å²) in [5, 5.41) is 3.33. The maximum Gasteiger partial charge on any atom is 0.227 e. The molecular weight excluding hydrogens is 226 g/mol. The molecule has 0 aliphatic carbocycles. The smallest absolute Gasteiger partial charge is 0.227 e. The molecule has 0 radical (unpaired) electrons. The van der Waals surface area contributed by atoms with Gasteiger partial charge < -0.3 is 10.2 Å². The summed E-state index contributed by atoms with van der Waals surface area (Å²) in [7, 11) is 0. The maximum absolute atomic E-state index is 12.4. The maximum atomic E-state index is 12.4. The minimum Gasteiger partial charge on any atom is -0.340 e.